The molecule has 1 aliphatic heterocycles. The number of hydrogen-bond acceptors (Lipinski definition) is 6. The number of hydrogen-bond donors (Lipinski definition) is 1. The van der Waals surface area contributed by atoms with Crippen molar-refractivity contribution in [3.8, 4) is 0 Å². The van der Waals surface area contributed by atoms with Crippen LogP contribution in [0.4, 0.5) is 0 Å². The van der Waals surface area contributed by atoms with Crippen molar-refractivity contribution in [3.05, 3.63) is 35.7 Å². The molecular formula is C10H10ClNO6S3. The molecule has 1 heterocycles. The molecule has 0 spiro atoms. The highest BCUT2D eigenvalue weighted by Crippen LogP contribution is 2.19. The lowest BCUT2D eigenvalue weighted by Crippen LogP contribution is -2.35. The Bertz CT molecular complexity index is 885. The standard InChI is InChI=1S/C10H10ClNO6S3/c11-20(15,16)9-1-3-10(4-2-9)21(17,18)12-8-5-6-19(13,14)7-8/h1-6,8,12H,7H2. The molecule has 0 aromatic heterocycles. The minimum absolute atomic E-state index is 0.190. The molecule has 1 aliphatic rings. The summed E-state index contributed by atoms with van der Waals surface area (Å²) in [7, 11) is -6.15. The summed E-state index contributed by atoms with van der Waals surface area (Å²) in [5.74, 6) is -0.347. The molecule has 0 saturated carbocycles. The Balaban J connectivity index is 2.23. The van der Waals surface area contributed by atoms with Crippen LogP contribution in [0.1, 0.15) is 0 Å². The van der Waals surface area contributed by atoms with E-state index in [1.54, 1.807) is 0 Å². The minimum atomic E-state index is -3.96. The van der Waals surface area contributed by atoms with Gasteiger partial charge in [0.05, 0.1) is 21.6 Å². The number of sulfonamides is 1. The van der Waals surface area contributed by atoms with E-state index < -0.39 is 35.0 Å². The van der Waals surface area contributed by atoms with Crippen LogP contribution in [0.3, 0.4) is 0 Å². The third-order valence-electron chi connectivity index (χ3n) is 2.65. The maximum absolute atomic E-state index is 12.0. The molecule has 1 aromatic carbocycles. The Labute approximate surface area is 127 Å². The fourth-order valence-corrected chi connectivity index (χ4v) is 5.00. The van der Waals surface area contributed by atoms with Crippen molar-refractivity contribution in [3.63, 3.8) is 0 Å². The topological polar surface area (TPSA) is 114 Å². The molecule has 0 fully saturated rings. The molecule has 1 unspecified atom stereocenters. The van der Waals surface area contributed by atoms with Gasteiger partial charge < -0.3 is 0 Å². The van der Waals surface area contributed by atoms with Crippen LogP contribution in [0.15, 0.2) is 45.5 Å². The number of rotatable bonds is 4. The predicted octanol–water partition coefficient (Wildman–Crippen LogP) is 0.203. The van der Waals surface area contributed by atoms with Crippen LogP contribution >= 0.6 is 10.7 Å². The normalized spacial score (nSPS) is 21.5. The number of halogens is 1. The van der Waals surface area contributed by atoms with Gasteiger partial charge in [-0.2, -0.15) is 0 Å². The van der Waals surface area contributed by atoms with Crippen molar-refractivity contribution in [2.75, 3.05) is 5.75 Å². The van der Waals surface area contributed by atoms with Gasteiger partial charge in [-0.25, -0.2) is 30.0 Å². The first-order valence-corrected chi connectivity index (χ1v) is 11.0. The van der Waals surface area contributed by atoms with Crippen LogP contribution in [0.5, 0.6) is 0 Å². The fourth-order valence-electron chi connectivity index (χ4n) is 1.70. The van der Waals surface area contributed by atoms with Gasteiger partial charge in [-0.05, 0) is 24.3 Å². The van der Waals surface area contributed by atoms with E-state index in [0.29, 0.717) is 0 Å². The summed E-state index contributed by atoms with van der Waals surface area (Å²) in [6.07, 6.45) is 1.24. The predicted molar refractivity (Wildman–Crippen MR) is 76.5 cm³/mol. The maximum Gasteiger partial charge on any atom is 0.261 e. The highest BCUT2D eigenvalue weighted by atomic mass is 35.7. The second-order valence-electron chi connectivity index (χ2n) is 4.30. The van der Waals surface area contributed by atoms with Crippen LogP contribution in [0, 0.1) is 0 Å². The maximum atomic E-state index is 12.0. The molecule has 1 aromatic rings. The molecule has 116 valence electrons. The summed E-state index contributed by atoms with van der Waals surface area (Å²) in [6, 6.07) is 3.41. The zero-order chi connectivity index (χ0) is 15.9. The minimum Gasteiger partial charge on any atom is -0.224 e. The van der Waals surface area contributed by atoms with E-state index in [4.69, 9.17) is 10.7 Å². The van der Waals surface area contributed by atoms with E-state index >= 15 is 0 Å². The Morgan fingerprint density at radius 1 is 1.05 bits per heavy atom. The average molecular weight is 372 g/mol. The van der Waals surface area contributed by atoms with Crippen molar-refractivity contribution in [2.24, 2.45) is 0 Å². The van der Waals surface area contributed by atoms with E-state index in [1.165, 1.54) is 6.08 Å². The first-order chi connectivity index (χ1) is 9.50. The van der Waals surface area contributed by atoms with E-state index in [0.717, 1.165) is 29.7 Å². The van der Waals surface area contributed by atoms with Crippen LogP contribution < -0.4 is 4.72 Å². The van der Waals surface area contributed by atoms with Crippen molar-refractivity contribution >= 4 is 39.6 Å². The van der Waals surface area contributed by atoms with Crippen molar-refractivity contribution in [1.29, 1.82) is 0 Å². The molecule has 7 nitrogen and oxygen atoms in total. The van der Waals surface area contributed by atoms with E-state index in [2.05, 4.69) is 4.72 Å². The van der Waals surface area contributed by atoms with E-state index in [-0.39, 0.29) is 15.5 Å². The van der Waals surface area contributed by atoms with Crippen molar-refractivity contribution in [2.45, 2.75) is 15.8 Å². The molecule has 11 heteroatoms. The van der Waals surface area contributed by atoms with E-state index in [1.807, 2.05) is 0 Å². The van der Waals surface area contributed by atoms with E-state index in [9.17, 15) is 25.3 Å². The molecular weight excluding hydrogens is 362 g/mol. The lowest BCUT2D eigenvalue weighted by Gasteiger charge is -2.11. The van der Waals surface area contributed by atoms with Gasteiger partial charge in [-0.3, -0.25) is 0 Å². The van der Waals surface area contributed by atoms with Gasteiger partial charge in [0, 0.05) is 16.1 Å². The Hall–Kier alpha value is -0.940. The van der Waals surface area contributed by atoms with Gasteiger partial charge >= 0.3 is 0 Å². The van der Waals surface area contributed by atoms with Crippen molar-refractivity contribution in [1.82, 2.24) is 4.72 Å². The summed E-state index contributed by atoms with van der Waals surface area (Å²) < 4.78 is 70.9. The highest BCUT2D eigenvalue weighted by molar-refractivity contribution is 8.13. The molecule has 0 radical (unpaired) electrons. The monoisotopic (exact) mass is 371 g/mol. The third kappa shape index (κ3) is 4.04. The van der Waals surface area contributed by atoms with Crippen LogP contribution in [0.25, 0.3) is 0 Å². The number of sulfone groups is 1. The molecule has 1 N–H and O–H groups in total. The van der Waals surface area contributed by atoms with Gasteiger partial charge in [0.1, 0.15) is 0 Å². The largest absolute Gasteiger partial charge is 0.261 e. The lowest BCUT2D eigenvalue weighted by atomic mass is 10.4. The first-order valence-electron chi connectivity index (χ1n) is 5.48. The summed E-state index contributed by atoms with van der Waals surface area (Å²) in [5.41, 5.74) is 0. The zero-order valence-corrected chi connectivity index (χ0v) is 13.5. The molecule has 2 rings (SSSR count). The molecule has 0 amide bonds. The smallest absolute Gasteiger partial charge is 0.224 e. The van der Waals surface area contributed by atoms with Gasteiger partial charge in [0.2, 0.25) is 10.0 Å². The highest BCUT2D eigenvalue weighted by Gasteiger charge is 2.26. The second-order valence-corrected chi connectivity index (χ2v) is 10.5. The molecule has 0 bridgehead atoms. The molecule has 0 saturated heterocycles. The zero-order valence-electron chi connectivity index (χ0n) is 10.3. The number of nitrogens with one attached hydrogen (secondary N) is 1. The Kier molecular flexibility index (Phi) is 4.19. The van der Waals surface area contributed by atoms with Gasteiger partial charge in [-0.15, -0.1) is 0 Å². The number of benzene rings is 1. The van der Waals surface area contributed by atoms with Gasteiger partial charge in [0.25, 0.3) is 9.05 Å². The Morgan fingerprint density at radius 2 is 1.57 bits per heavy atom. The van der Waals surface area contributed by atoms with Crippen LogP contribution in [-0.4, -0.2) is 37.0 Å². The van der Waals surface area contributed by atoms with Crippen molar-refractivity contribution < 1.29 is 25.3 Å². The third-order valence-corrected chi connectivity index (χ3v) is 6.92. The van der Waals surface area contributed by atoms with Gasteiger partial charge in [-0.1, -0.05) is 6.08 Å². The Morgan fingerprint density at radius 3 is 2.00 bits per heavy atom. The second kappa shape index (κ2) is 5.36. The summed E-state index contributed by atoms with van der Waals surface area (Å²) in [6.45, 7) is 0. The summed E-state index contributed by atoms with van der Waals surface area (Å²) in [5, 5.41) is 0.948. The van der Waals surface area contributed by atoms with Crippen LogP contribution in [0.2, 0.25) is 0 Å². The first kappa shape index (κ1) is 16.4. The quantitative estimate of drug-likeness (QED) is 0.756. The summed E-state index contributed by atoms with van der Waals surface area (Å²) in [4.78, 5) is -0.421. The van der Waals surface area contributed by atoms with Crippen LogP contribution in [-0.2, 0) is 28.9 Å². The molecule has 1 atom stereocenters. The SMILES string of the molecule is O=S1(=O)C=CC(NS(=O)(=O)c2ccc(S(=O)(=O)Cl)cc2)C1. The molecule has 0 aliphatic carbocycles. The van der Waals surface area contributed by atoms with Gasteiger partial charge in [0.15, 0.2) is 9.84 Å². The summed E-state index contributed by atoms with van der Waals surface area (Å²) >= 11 is 0. The molecule has 21 heavy (non-hydrogen) atoms. The average Bonchev–Trinajstić information content (AvgIpc) is 2.67. The lowest BCUT2D eigenvalue weighted by molar-refractivity contribution is 0.574. The fraction of sp³-hybridized carbons (Fsp3) is 0.200.